The van der Waals surface area contributed by atoms with Crippen molar-refractivity contribution in [2.45, 2.75) is 6.92 Å². The van der Waals surface area contributed by atoms with Gasteiger partial charge < -0.3 is 10.6 Å². The number of rotatable bonds is 2. The Morgan fingerprint density at radius 2 is 1.94 bits per heavy atom. The summed E-state index contributed by atoms with van der Waals surface area (Å²) in [6.45, 7) is 5.96. The average molecular weight is 267 g/mol. The van der Waals surface area contributed by atoms with Crippen molar-refractivity contribution in [1.29, 1.82) is 0 Å². The molecule has 2 rings (SSSR count). The summed E-state index contributed by atoms with van der Waals surface area (Å²) in [7, 11) is 2.13. The van der Waals surface area contributed by atoms with E-state index < -0.39 is 0 Å². The Bertz CT molecular complexity index is 450. The number of piperazine rings is 1. The number of nitrogen functional groups attached to an aromatic ring is 1. The molecule has 0 amide bonds. The van der Waals surface area contributed by atoms with E-state index in [4.69, 9.17) is 17.3 Å². The molecular formula is C13H19ClN4. The maximum atomic E-state index is 5.99. The summed E-state index contributed by atoms with van der Waals surface area (Å²) >= 11 is 5.99. The van der Waals surface area contributed by atoms with E-state index in [1.165, 1.54) is 0 Å². The molecule has 0 atom stereocenters. The van der Waals surface area contributed by atoms with Crippen molar-refractivity contribution < 1.29 is 0 Å². The van der Waals surface area contributed by atoms with Gasteiger partial charge in [-0.3, -0.25) is 5.01 Å². The molecule has 18 heavy (non-hydrogen) atoms. The Morgan fingerprint density at radius 3 is 2.61 bits per heavy atom. The van der Waals surface area contributed by atoms with Crippen LogP contribution < -0.4 is 5.73 Å². The third-order valence-corrected chi connectivity index (χ3v) is 3.41. The molecule has 2 N–H and O–H groups in total. The minimum absolute atomic E-state index is 0.687. The lowest BCUT2D eigenvalue weighted by Gasteiger charge is -2.30. The quantitative estimate of drug-likeness (QED) is 0.657. The van der Waals surface area contributed by atoms with E-state index in [0.29, 0.717) is 5.02 Å². The van der Waals surface area contributed by atoms with Gasteiger partial charge in [0.05, 0.1) is 5.71 Å². The summed E-state index contributed by atoms with van der Waals surface area (Å²) in [5, 5.41) is 7.41. The second kappa shape index (κ2) is 5.59. The fourth-order valence-corrected chi connectivity index (χ4v) is 2.18. The van der Waals surface area contributed by atoms with Crippen LogP contribution in [-0.2, 0) is 0 Å². The zero-order valence-electron chi connectivity index (χ0n) is 10.9. The summed E-state index contributed by atoms with van der Waals surface area (Å²) in [4.78, 5) is 2.30. The molecule has 1 fully saturated rings. The van der Waals surface area contributed by atoms with Crippen LogP contribution in [0.15, 0.2) is 23.3 Å². The van der Waals surface area contributed by atoms with Crippen LogP contribution in [0.5, 0.6) is 0 Å². The van der Waals surface area contributed by atoms with Crippen LogP contribution in [0.1, 0.15) is 12.5 Å². The Morgan fingerprint density at radius 1 is 1.28 bits per heavy atom. The van der Waals surface area contributed by atoms with E-state index in [1.54, 1.807) is 6.07 Å². The summed E-state index contributed by atoms with van der Waals surface area (Å²) in [6, 6.07) is 5.48. The van der Waals surface area contributed by atoms with Gasteiger partial charge in [0.2, 0.25) is 0 Å². The van der Waals surface area contributed by atoms with Gasteiger partial charge in [0.15, 0.2) is 0 Å². The highest BCUT2D eigenvalue weighted by atomic mass is 35.5. The predicted octanol–water partition coefficient (Wildman–Crippen LogP) is 1.89. The number of nitrogens with zero attached hydrogens (tertiary/aromatic N) is 3. The molecule has 1 aliphatic heterocycles. The Kier molecular flexibility index (Phi) is 4.09. The highest BCUT2D eigenvalue weighted by Gasteiger charge is 2.13. The van der Waals surface area contributed by atoms with Crippen molar-refractivity contribution in [3.63, 3.8) is 0 Å². The maximum Gasteiger partial charge on any atom is 0.0667 e. The molecule has 0 spiro atoms. The number of halogens is 1. The lowest BCUT2D eigenvalue weighted by molar-refractivity contribution is 0.159. The molecule has 0 unspecified atom stereocenters. The molecule has 0 radical (unpaired) electrons. The zero-order valence-corrected chi connectivity index (χ0v) is 11.6. The first-order valence-corrected chi connectivity index (χ1v) is 6.48. The van der Waals surface area contributed by atoms with Gasteiger partial charge >= 0.3 is 0 Å². The van der Waals surface area contributed by atoms with E-state index in [1.807, 2.05) is 19.1 Å². The molecule has 1 heterocycles. The van der Waals surface area contributed by atoms with Gasteiger partial charge in [-0.1, -0.05) is 11.6 Å². The molecule has 0 bridgehead atoms. The van der Waals surface area contributed by atoms with Crippen LogP contribution in [0.25, 0.3) is 0 Å². The van der Waals surface area contributed by atoms with Crippen LogP contribution in [0, 0.1) is 0 Å². The van der Waals surface area contributed by atoms with Gasteiger partial charge in [0, 0.05) is 42.5 Å². The van der Waals surface area contributed by atoms with Crippen LogP contribution in [0.2, 0.25) is 5.02 Å². The van der Waals surface area contributed by atoms with Crippen molar-refractivity contribution in [1.82, 2.24) is 9.91 Å². The first kappa shape index (κ1) is 13.2. The molecule has 5 heteroatoms. The lowest BCUT2D eigenvalue weighted by atomic mass is 10.1. The highest BCUT2D eigenvalue weighted by Crippen LogP contribution is 2.19. The minimum atomic E-state index is 0.687. The SMILES string of the molecule is C/C(=N\N1CCN(C)CC1)c1cc(Cl)ccc1N. The van der Waals surface area contributed by atoms with Gasteiger partial charge in [0.1, 0.15) is 0 Å². The number of likely N-dealkylation sites (N-methyl/N-ethyl adjacent to an activating group) is 1. The van der Waals surface area contributed by atoms with Crippen molar-refractivity contribution >= 4 is 23.0 Å². The van der Waals surface area contributed by atoms with E-state index in [2.05, 4.69) is 22.1 Å². The number of anilines is 1. The highest BCUT2D eigenvalue weighted by molar-refractivity contribution is 6.31. The van der Waals surface area contributed by atoms with Crippen molar-refractivity contribution in [2.75, 3.05) is 39.0 Å². The standard InChI is InChI=1S/C13H19ClN4/c1-10(12-9-11(14)3-4-13(12)15)16-18-7-5-17(2)6-8-18/h3-4,9H,5-8,15H2,1-2H3/b16-10+. The molecular weight excluding hydrogens is 248 g/mol. The molecule has 1 aromatic rings. The monoisotopic (exact) mass is 266 g/mol. The second-order valence-electron chi connectivity index (χ2n) is 4.67. The Hall–Kier alpha value is -1.26. The first-order chi connectivity index (χ1) is 8.56. The number of hydrazone groups is 1. The van der Waals surface area contributed by atoms with E-state index in [-0.39, 0.29) is 0 Å². The zero-order chi connectivity index (χ0) is 13.1. The van der Waals surface area contributed by atoms with Gasteiger partial charge in [-0.2, -0.15) is 5.10 Å². The lowest BCUT2D eigenvalue weighted by Crippen LogP contribution is -2.42. The summed E-state index contributed by atoms with van der Waals surface area (Å²) in [6.07, 6.45) is 0. The Labute approximate surface area is 113 Å². The van der Waals surface area contributed by atoms with E-state index >= 15 is 0 Å². The summed E-state index contributed by atoms with van der Waals surface area (Å²) in [5.74, 6) is 0. The fourth-order valence-electron chi connectivity index (χ4n) is 2.00. The van der Waals surface area contributed by atoms with E-state index in [0.717, 1.165) is 43.1 Å². The van der Waals surface area contributed by atoms with Crippen molar-refractivity contribution in [2.24, 2.45) is 5.10 Å². The maximum absolute atomic E-state index is 5.99. The smallest absolute Gasteiger partial charge is 0.0667 e. The molecule has 0 aromatic heterocycles. The van der Waals surface area contributed by atoms with Crippen LogP contribution in [0.4, 0.5) is 5.69 Å². The Balaban J connectivity index is 2.15. The predicted molar refractivity (Wildman–Crippen MR) is 77.1 cm³/mol. The third kappa shape index (κ3) is 3.15. The van der Waals surface area contributed by atoms with Gasteiger partial charge in [0.25, 0.3) is 0 Å². The number of nitrogens with two attached hydrogens (primary N) is 1. The average Bonchev–Trinajstić information content (AvgIpc) is 2.35. The largest absolute Gasteiger partial charge is 0.398 e. The molecule has 1 saturated heterocycles. The summed E-state index contributed by atoms with van der Waals surface area (Å²) < 4.78 is 0. The molecule has 98 valence electrons. The van der Waals surface area contributed by atoms with Crippen LogP contribution >= 0.6 is 11.6 Å². The normalized spacial score (nSPS) is 18.2. The fraction of sp³-hybridized carbons (Fsp3) is 0.462. The second-order valence-corrected chi connectivity index (χ2v) is 5.11. The molecule has 1 aromatic carbocycles. The van der Waals surface area contributed by atoms with Crippen LogP contribution in [0.3, 0.4) is 0 Å². The number of hydrogen-bond acceptors (Lipinski definition) is 4. The molecule has 4 nitrogen and oxygen atoms in total. The minimum Gasteiger partial charge on any atom is -0.398 e. The molecule has 0 saturated carbocycles. The number of hydrogen-bond donors (Lipinski definition) is 1. The number of benzene rings is 1. The van der Waals surface area contributed by atoms with Crippen molar-refractivity contribution in [3.05, 3.63) is 28.8 Å². The van der Waals surface area contributed by atoms with Gasteiger partial charge in [-0.05, 0) is 32.2 Å². The molecule has 1 aliphatic rings. The van der Waals surface area contributed by atoms with E-state index in [9.17, 15) is 0 Å². The third-order valence-electron chi connectivity index (χ3n) is 3.18. The molecule has 0 aliphatic carbocycles. The van der Waals surface area contributed by atoms with Gasteiger partial charge in [-0.15, -0.1) is 0 Å². The van der Waals surface area contributed by atoms with Crippen molar-refractivity contribution in [3.8, 4) is 0 Å². The topological polar surface area (TPSA) is 44.9 Å². The first-order valence-electron chi connectivity index (χ1n) is 6.10. The van der Waals surface area contributed by atoms with Gasteiger partial charge in [-0.25, -0.2) is 0 Å². The summed E-state index contributed by atoms with van der Waals surface area (Å²) in [5.41, 5.74) is 8.50. The van der Waals surface area contributed by atoms with Crippen LogP contribution in [-0.4, -0.2) is 48.8 Å².